The second-order valence-electron chi connectivity index (χ2n) is 4.79. The first kappa shape index (κ1) is 11.4. The smallest absolute Gasteiger partial charge is 0.159 e. The highest BCUT2D eigenvalue weighted by Crippen LogP contribution is 2.30. The van der Waals surface area contributed by atoms with Gasteiger partial charge in [-0.25, -0.2) is 9.97 Å². The van der Waals surface area contributed by atoms with E-state index in [0.717, 1.165) is 29.9 Å². The van der Waals surface area contributed by atoms with Crippen molar-refractivity contribution in [1.29, 1.82) is 0 Å². The number of rotatable bonds is 2. The summed E-state index contributed by atoms with van der Waals surface area (Å²) in [6.07, 6.45) is 5.41. The van der Waals surface area contributed by atoms with Gasteiger partial charge in [0.25, 0.3) is 0 Å². The maximum atomic E-state index is 5.85. The van der Waals surface area contributed by atoms with Crippen molar-refractivity contribution in [2.45, 2.75) is 25.2 Å². The van der Waals surface area contributed by atoms with Crippen molar-refractivity contribution in [3.63, 3.8) is 0 Å². The van der Waals surface area contributed by atoms with Gasteiger partial charge in [0.2, 0.25) is 0 Å². The van der Waals surface area contributed by atoms with Gasteiger partial charge < -0.3 is 5.73 Å². The van der Waals surface area contributed by atoms with E-state index in [2.05, 4.69) is 4.98 Å². The Hall–Kier alpha value is -1.74. The largest absolute Gasteiger partial charge is 0.330 e. The van der Waals surface area contributed by atoms with E-state index in [9.17, 15) is 0 Å². The van der Waals surface area contributed by atoms with Crippen LogP contribution in [-0.2, 0) is 6.42 Å². The molecule has 0 saturated carbocycles. The molecule has 0 radical (unpaired) electrons. The number of nitrogens with zero attached hydrogens (tertiary/aromatic N) is 2. The quantitative estimate of drug-likeness (QED) is 0.876. The van der Waals surface area contributed by atoms with Crippen LogP contribution in [0.4, 0.5) is 0 Å². The second kappa shape index (κ2) is 4.86. The number of aryl methyl sites for hydroxylation is 1. The normalized spacial score (nSPS) is 18.4. The minimum absolute atomic E-state index is 0.402. The lowest BCUT2D eigenvalue weighted by atomic mass is 9.87. The van der Waals surface area contributed by atoms with Gasteiger partial charge in [-0.05, 0) is 24.8 Å². The van der Waals surface area contributed by atoms with Crippen molar-refractivity contribution in [3.05, 3.63) is 47.8 Å². The monoisotopic (exact) mass is 239 g/mol. The molecule has 0 spiro atoms. The number of fused-ring (bicyclic) bond motifs is 1. The van der Waals surface area contributed by atoms with Crippen molar-refractivity contribution < 1.29 is 0 Å². The molecule has 1 aliphatic rings. The maximum absolute atomic E-state index is 5.85. The van der Waals surface area contributed by atoms with Crippen molar-refractivity contribution >= 4 is 0 Å². The molecular weight excluding hydrogens is 222 g/mol. The highest BCUT2D eigenvalue weighted by Gasteiger charge is 2.21. The first-order valence-corrected chi connectivity index (χ1v) is 6.50. The Kier molecular flexibility index (Phi) is 3.07. The first-order valence-electron chi connectivity index (χ1n) is 6.50. The van der Waals surface area contributed by atoms with E-state index >= 15 is 0 Å². The SMILES string of the molecule is NCC1CCCc2cnc(-c3ccccc3)nc21. The predicted octanol–water partition coefficient (Wildman–Crippen LogP) is 2.52. The molecule has 3 rings (SSSR count). The Morgan fingerprint density at radius 3 is 2.83 bits per heavy atom. The molecule has 0 saturated heterocycles. The summed E-state index contributed by atoms with van der Waals surface area (Å²) in [7, 11) is 0. The van der Waals surface area contributed by atoms with Crippen LogP contribution in [0.5, 0.6) is 0 Å². The molecular formula is C15H17N3. The summed E-state index contributed by atoms with van der Waals surface area (Å²) in [6, 6.07) is 10.1. The number of nitrogens with two attached hydrogens (primary N) is 1. The van der Waals surface area contributed by atoms with E-state index in [4.69, 9.17) is 10.7 Å². The van der Waals surface area contributed by atoms with Gasteiger partial charge in [-0.2, -0.15) is 0 Å². The summed E-state index contributed by atoms with van der Waals surface area (Å²) in [5.41, 5.74) is 9.36. The van der Waals surface area contributed by atoms with E-state index in [0.29, 0.717) is 12.5 Å². The number of hydrogen-bond donors (Lipinski definition) is 1. The molecule has 2 aromatic rings. The topological polar surface area (TPSA) is 51.8 Å². The van der Waals surface area contributed by atoms with Gasteiger partial charge in [0.05, 0.1) is 5.69 Å². The summed E-state index contributed by atoms with van der Waals surface area (Å²) < 4.78 is 0. The molecule has 1 atom stereocenters. The van der Waals surface area contributed by atoms with Crippen LogP contribution in [0.2, 0.25) is 0 Å². The standard InChI is InChI=1S/C15H17N3/c16-9-12-7-4-8-13-10-17-15(18-14(12)13)11-5-2-1-3-6-11/h1-3,5-6,10,12H,4,7-9,16H2. The molecule has 2 N–H and O–H groups in total. The number of hydrogen-bond acceptors (Lipinski definition) is 3. The molecule has 1 aromatic heterocycles. The average molecular weight is 239 g/mol. The van der Waals surface area contributed by atoms with Crippen molar-refractivity contribution in [1.82, 2.24) is 9.97 Å². The molecule has 0 bridgehead atoms. The molecule has 3 nitrogen and oxygen atoms in total. The Bertz CT molecular complexity index is 537. The Morgan fingerprint density at radius 1 is 1.22 bits per heavy atom. The van der Waals surface area contributed by atoms with Crippen molar-refractivity contribution in [3.8, 4) is 11.4 Å². The van der Waals surface area contributed by atoms with E-state index < -0.39 is 0 Å². The molecule has 1 heterocycles. The van der Waals surface area contributed by atoms with E-state index in [1.807, 2.05) is 36.5 Å². The zero-order chi connectivity index (χ0) is 12.4. The third-order valence-corrected chi connectivity index (χ3v) is 3.60. The molecule has 0 fully saturated rings. The summed E-state index contributed by atoms with van der Waals surface area (Å²) in [4.78, 5) is 9.22. The fourth-order valence-corrected chi connectivity index (χ4v) is 2.60. The first-order chi connectivity index (χ1) is 8.88. The van der Waals surface area contributed by atoms with E-state index in [1.54, 1.807) is 0 Å². The lowest BCUT2D eigenvalue weighted by molar-refractivity contribution is 0.543. The zero-order valence-corrected chi connectivity index (χ0v) is 10.3. The van der Waals surface area contributed by atoms with Gasteiger partial charge in [0.15, 0.2) is 5.82 Å². The van der Waals surface area contributed by atoms with Crippen LogP contribution in [0, 0.1) is 0 Å². The van der Waals surface area contributed by atoms with Crippen LogP contribution < -0.4 is 5.73 Å². The average Bonchev–Trinajstić information content (AvgIpc) is 2.47. The minimum Gasteiger partial charge on any atom is -0.330 e. The van der Waals surface area contributed by atoms with Gasteiger partial charge in [-0.15, -0.1) is 0 Å². The lowest BCUT2D eigenvalue weighted by Crippen LogP contribution is -2.20. The summed E-state index contributed by atoms with van der Waals surface area (Å²) in [6.45, 7) is 0.679. The number of benzene rings is 1. The highest BCUT2D eigenvalue weighted by atomic mass is 14.9. The lowest BCUT2D eigenvalue weighted by Gasteiger charge is -2.23. The summed E-state index contributed by atoms with van der Waals surface area (Å²) >= 11 is 0. The third-order valence-electron chi connectivity index (χ3n) is 3.60. The van der Waals surface area contributed by atoms with Crippen molar-refractivity contribution in [2.75, 3.05) is 6.54 Å². The van der Waals surface area contributed by atoms with Crippen LogP contribution in [0.15, 0.2) is 36.5 Å². The van der Waals surface area contributed by atoms with Gasteiger partial charge in [-0.3, -0.25) is 0 Å². The third kappa shape index (κ3) is 2.02. The Morgan fingerprint density at radius 2 is 2.06 bits per heavy atom. The van der Waals surface area contributed by atoms with Crippen LogP contribution in [0.25, 0.3) is 11.4 Å². The van der Waals surface area contributed by atoms with E-state index in [1.165, 1.54) is 12.0 Å². The van der Waals surface area contributed by atoms with Gasteiger partial charge in [-0.1, -0.05) is 30.3 Å². The molecule has 3 heteroatoms. The molecule has 1 aromatic carbocycles. The van der Waals surface area contributed by atoms with Gasteiger partial charge in [0.1, 0.15) is 0 Å². The summed E-state index contributed by atoms with van der Waals surface area (Å²) in [5, 5.41) is 0. The fraction of sp³-hybridized carbons (Fsp3) is 0.333. The molecule has 1 unspecified atom stereocenters. The van der Waals surface area contributed by atoms with Gasteiger partial charge >= 0.3 is 0 Å². The molecule has 1 aliphatic carbocycles. The minimum atomic E-state index is 0.402. The molecule has 92 valence electrons. The van der Waals surface area contributed by atoms with Crippen LogP contribution in [0.1, 0.15) is 30.0 Å². The predicted molar refractivity (Wildman–Crippen MR) is 72.2 cm³/mol. The molecule has 0 amide bonds. The second-order valence-corrected chi connectivity index (χ2v) is 4.79. The van der Waals surface area contributed by atoms with Crippen LogP contribution >= 0.6 is 0 Å². The molecule has 0 aliphatic heterocycles. The highest BCUT2D eigenvalue weighted by molar-refractivity contribution is 5.55. The zero-order valence-electron chi connectivity index (χ0n) is 10.3. The van der Waals surface area contributed by atoms with Gasteiger partial charge in [0, 0.05) is 24.2 Å². The van der Waals surface area contributed by atoms with Crippen molar-refractivity contribution in [2.24, 2.45) is 5.73 Å². The molecule has 18 heavy (non-hydrogen) atoms. The van der Waals surface area contributed by atoms with Crippen LogP contribution in [-0.4, -0.2) is 16.5 Å². The fourth-order valence-electron chi connectivity index (χ4n) is 2.60. The van der Waals surface area contributed by atoms with Crippen LogP contribution in [0.3, 0.4) is 0 Å². The Balaban J connectivity index is 2.04. The summed E-state index contributed by atoms with van der Waals surface area (Å²) in [5.74, 6) is 1.22. The maximum Gasteiger partial charge on any atom is 0.159 e. The Labute approximate surface area is 107 Å². The number of aromatic nitrogens is 2. The van der Waals surface area contributed by atoms with E-state index in [-0.39, 0.29) is 0 Å².